The molecule has 2 atom stereocenters. The summed E-state index contributed by atoms with van der Waals surface area (Å²) in [5.74, 6) is -0.0302. The van der Waals surface area contributed by atoms with Crippen LogP contribution in [0.15, 0.2) is 36.5 Å². The molecule has 0 spiro atoms. The van der Waals surface area contributed by atoms with E-state index >= 15 is 0 Å². The molecule has 0 saturated carbocycles. The van der Waals surface area contributed by atoms with Crippen molar-refractivity contribution < 1.29 is 9.59 Å². The third kappa shape index (κ3) is 4.43. The van der Waals surface area contributed by atoms with Crippen LogP contribution in [-0.2, 0) is 10.3 Å². The van der Waals surface area contributed by atoms with Crippen molar-refractivity contribution in [3.8, 4) is 0 Å². The van der Waals surface area contributed by atoms with Gasteiger partial charge in [0.15, 0.2) is 0 Å². The largest absolute Gasteiger partial charge is 0.358 e. The number of anilines is 1. The van der Waals surface area contributed by atoms with Crippen molar-refractivity contribution in [3.63, 3.8) is 0 Å². The Kier molecular flexibility index (Phi) is 5.41. The van der Waals surface area contributed by atoms with Crippen LogP contribution in [0.1, 0.15) is 32.0 Å². The number of nitrogens with zero attached hydrogens (tertiary/aromatic N) is 3. The minimum Gasteiger partial charge on any atom is -0.358 e. The van der Waals surface area contributed by atoms with Gasteiger partial charge in [-0.3, -0.25) is 4.79 Å². The maximum atomic E-state index is 12.3. The van der Waals surface area contributed by atoms with Gasteiger partial charge in [0.2, 0.25) is 5.91 Å². The number of likely N-dealkylation sites (N-methyl/N-ethyl adjacent to an activating group) is 1. The van der Waals surface area contributed by atoms with Gasteiger partial charge in [-0.1, -0.05) is 23.4 Å². The molecule has 1 aliphatic heterocycles. The number of para-hydroxylation sites is 1. The third-order valence-corrected chi connectivity index (χ3v) is 4.65. The second kappa shape index (κ2) is 7.75. The zero-order valence-electron chi connectivity index (χ0n) is 15.7. The average Bonchev–Trinajstić information content (AvgIpc) is 3.31. The van der Waals surface area contributed by atoms with E-state index in [1.807, 2.05) is 50.4 Å². The number of urea groups is 1. The zero-order valence-corrected chi connectivity index (χ0v) is 15.7. The second-order valence-electron chi connectivity index (χ2n) is 7.12. The van der Waals surface area contributed by atoms with Crippen LogP contribution >= 0.6 is 0 Å². The summed E-state index contributed by atoms with van der Waals surface area (Å²) in [7, 11) is 1.62. The lowest BCUT2D eigenvalue weighted by Gasteiger charge is -2.24. The molecule has 2 heterocycles. The average molecular weight is 371 g/mol. The fourth-order valence-electron chi connectivity index (χ4n) is 3.07. The van der Waals surface area contributed by atoms with E-state index in [0.717, 1.165) is 0 Å². The summed E-state index contributed by atoms with van der Waals surface area (Å²) in [6.45, 7) is 4.38. The Morgan fingerprint density at radius 1 is 1.26 bits per heavy atom. The van der Waals surface area contributed by atoms with E-state index in [4.69, 9.17) is 0 Å². The van der Waals surface area contributed by atoms with Crippen LogP contribution in [0.5, 0.6) is 0 Å². The Morgan fingerprint density at radius 3 is 2.70 bits per heavy atom. The molecule has 1 aromatic carbocycles. The number of carbonyl (C=O) groups excluding carboxylic acids is 2. The number of nitrogens with one attached hydrogen (secondary N) is 4. The predicted molar refractivity (Wildman–Crippen MR) is 101 cm³/mol. The Hall–Kier alpha value is -2.94. The summed E-state index contributed by atoms with van der Waals surface area (Å²) < 4.78 is 1.75. The molecule has 3 rings (SSSR count). The van der Waals surface area contributed by atoms with Gasteiger partial charge >= 0.3 is 6.03 Å². The molecule has 0 bridgehead atoms. The van der Waals surface area contributed by atoms with Gasteiger partial charge in [0.25, 0.3) is 0 Å². The lowest BCUT2D eigenvalue weighted by atomic mass is 10.0. The second-order valence-corrected chi connectivity index (χ2v) is 7.12. The van der Waals surface area contributed by atoms with Crippen molar-refractivity contribution in [2.45, 2.75) is 37.9 Å². The molecule has 0 radical (unpaired) electrons. The molecule has 27 heavy (non-hydrogen) atoms. The lowest BCUT2D eigenvalue weighted by molar-refractivity contribution is -0.122. The van der Waals surface area contributed by atoms with Gasteiger partial charge in [-0.2, -0.15) is 0 Å². The van der Waals surface area contributed by atoms with E-state index in [0.29, 0.717) is 24.3 Å². The zero-order chi connectivity index (χ0) is 19.4. The number of amides is 3. The van der Waals surface area contributed by atoms with E-state index < -0.39 is 5.54 Å². The van der Waals surface area contributed by atoms with Gasteiger partial charge in [0.1, 0.15) is 5.69 Å². The molecule has 0 aliphatic carbocycles. The molecule has 9 nitrogen and oxygen atoms in total. The van der Waals surface area contributed by atoms with Gasteiger partial charge < -0.3 is 21.3 Å². The first-order valence-electron chi connectivity index (χ1n) is 8.90. The Bertz CT molecular complexity index is 803. The number of benzene rings is 1. The van der Waals surface area contributed by atoms with Crippen molar-refractivity contribution in [3.05, 3.63) is 42.2 Å². The van der Waals surface area contributed by atoms with Crippen molar-refractivity contribution in [1.82, 2.24) is 30.9 Å². The van der Waals surface area contributed by atoms with Crippen molar-refractivity contribution in [1.29, 1.82) is 0 Å². The number of hydrogen-bond donors (Lipinski definition) is 4. The molecule has 1 saturated heterocycles. The van der Waals surface area contributed by atoms with Crippen LogP contribution in [0.4, 0.5) is 10.5 Å². The molecule has 3 amide bonds. The molecule has 0 unspecified atom stereocenters. The van der Waals surface area contributed by atoms with Crippen molar-refractivity contribution >= 4 is 17.6 Å². The number of carbonyl (C=O) groups is 2. The van der Waals surface area contributed by atoms with Gasteiger partial charge in [0.05, 0.1) is 23.8 Å². The highest BCUT2D eigenvalue weighted by atomic mass is 16.2. The normalized spacial score (nSPS) is 19.5. The van der Waals surface area contributed by atoms with E-state index in [9.17, 15) is 9.59 Å². The van der Waals surface area contributed by atoms with E-state index in [-0.39, 0.29) is 24.0 Å². The molecule has 1 fully saturated rings. The smallest absolute Gasteiger partial charge is 0.319 e. The van der Waals surface area contributed by atoms with E-state index in [2.05, 4.69) is 31.6 Å². The van der Waals surface area contributed by atoms with Crippen molar-refractivity contribution in [2.75, 3.05) is 18.9 Å². The molecule has 4 N–H and O–H groups in total. The fourth-order valence-corrected chi connectivity index (χ4v) is 3.07. The van der Waals surface area contributed by atoms with E-state index in [1.165, 1.54) is 0 Å². The summed E-state index contributed by atoms with van der Waals surface area (Å²) in [4.78, 5) is 24.0. The number of rotatable bonds is 5. The quantitative estimate of drug-likeness (QED) is 0.626. The minimum atomic E-state index is -0.705. The fraction of sp³-hybridized carbons (Fsp3) is 0.444. The van der Waals surface area contributed by atoms with Crippen LogP contribution in [0.2, 0.25) is 0 Å². The van der Waals surface area contributed by atoms with Gasteiger partial charge in [-0.05, 0) is 32.4 Å². The van der Waals surface area contributed by atoms with Crippen LogP contribution in [-0.4, -0.2) is 46.6 Å². The molecule has 1 aromatic heterocycles. The molecule has 2 aromatic rings. The maximum Gasteiger partial charge on any atom is 0.319 e. The number of aromatic nitrogens is 3. The summed E-state index contributed by atoms with van der Waals surface area (Å²) in [5.41, 5.74) is 0.657. The highest BCUT2D eigenvalue weighted by molar-refractivity contribution is 5.89. The predicted octanol–water partition coefficient (Wildman–Crippen LogP) is 0.984. The molecule has 144 valence electrons. The summed E-state index contributed by atoms with van der Waals surface area (Å²) in [6, 6.07) is 8.73. The van der Waals surface area contributed by atoms with Gasteiger partial charge in [-0.25, -0.2) is 9.48 Å². The summed E-state index contributed by atoms with van der Waals surface area (Å²) in [6.07, 6.45) is 2.46. The monoisotopic (exact) mass is 371 g/mol. The third-order valence-electron chi connectivity index (χ3n) is 4.65. The summed E-state index contributed by atoms with van der Waals surface area (Å²) in [5, 5.41) is 20.0. The minimum absolute atomic E-state index is 0.0302. The molecular weight excluding hydrogens is 346 g/mol. The number of hydrogen-bond acceptors (Lipinski definition) is 5. The van der Waals surface area contributed by atoms with Crippen LogP contribution < -0.4 is 21.3 Å². The first kappa shape index (κ1) is 18.8. The standard InChI is InChI=1S/C18H25N7O2/c1-18(2,22-17(27)21-12-7-5-4-6-8-12)15-11-25(24-23-15)13-9-14(20-10-13)16(26)19-3/h4-8,11,13-14,20H,9-10H2,1-3H3,(H,19,26)(H2,21,22,27)/t13-,14-/m0/s1. The Balaban J connectivity index is 1.62. The van der Waals surface area contributed by atoms with Gasteiger partial charge in [0, 0.05) is 19.3 Å². The lowest BCUT2D eigenvalue weighted by Crippen LogP contribution is -2.43. The first-order valence-corrected chi connectivity index (χ1v) is 8.90. The Labute approximate surface area is 157 Å². The SMILES string of the molecule is CNC(=O)[C@@H]1C[C@H](n2cc(C(C)(C)NC(=O)Nc3ccccc3)nn2)CN1. The van der Waals surface area contributed by atoms with Crippen LogP contribution in [0, 0.1) is 0 Å². The maximum absolute atomic E-state index is 12.3. The topological polar surface area (TPSA) is 113 Å². The molecular formula is C18H25N7O2. The van der Waals surface area contributed by atoms with E-state index in [1.54, 1.807) is 11.7 Å². The summed E-state index contributed by atoms with van der Waals surface area (Å²) >= 11 is 0. The highest BCUT2D eigenvalue weighted by Gasteiger charge is 2.32. The highest BCUT2D eigenvalue weighted by Crippen LogP contribution is 2.23. The Morgan fingerprint density at radius 2 is 2.00 bits per heavy atom. The van der Waals surface area contributed by atoms with Crippen LogP contribution in [0.3, 0.4) is 0 Å². The molecule has 9 heteroatoms. The molecule has 1 aliphatic rings. The van der Waals surface area contributed by atoms with Crippen molar-refractivity contribution in [2.24, 2.45) is 0 Å². The van der Waals surface area contributed by atoms with Crippen LogP contribution in [0.25, 0.3) is 0 Å². The first-order chi connectivity index (χ1) is 12.9. The van der Waals surface area contributed by atoms with Gasteiger partial charge in [-0.15, -0.1) is 5.10 Å².